The van der Waals surface area contributed by atoms with Crippen LogP contribution in [0.25, 0.3) is 0 Å². The van der Waals surface area contributed by atoms with Crippen molar-refractivity contribution < 1.29 is 14.3 Å². The van der Waals surface area contributed by atoms with Crippen molar-refractivity contribution in [2.24, 2.45) is 5.92 Å². The van der Waals surface area contributed by atoms with Crippen LogP contribution in [0.4, 0.5) is 0 Å². The predicted molar refractivity (Wildman–Crippen MR) is 119 cm³/mol. The van der Waals surface area contributed by atoms with Crippen molar-refractivity contribution in [2.75, 3.05) is 19.7 Å². The van der Waals surface area contributed by atoms with Crippen molar-refractivity contribution in [3.8, 4) is 0 Å². The summed E-state index contributed by atoms with van der Waals surface area (Å²) in [5, 5.41) is 10.5. The summed E-state index contributed by atoms with van der Waals surface area (Å²) in [6.45, 7) is 8.35. The van der Waals surface area contributed by atoms with Gasteiger partial charge in [0.15, 0.2) is 0 Å². The molecule has 3 rings (SSSR count). The summed E-state index contributed by atoms with van der Waals surface area (Å²) in [7, 11) is 0. The first kappa shape index (κ1) is 22.3. The number of aliphatic hydroxyl groups excluding tert-OH is 1. The number of hydrogen-bond acceptors (Lipinski definition) is 4. The Balaban J connectivity index is 1.56. The molecule has 1 atom stereocenters. The van der Waals surface area contributed by atoms with Gasteiger partial charge in [0, 0.05) is 31.5 Å². The van der Waals surface area contributed by atoms with Crippen LogP contribution in [-0.2, 0) is 24.4 Å². The molecule has 2 aromatic heterocycles. The molecule has 0 unspecified atom stereocenters. The van der Waals surface area contributed by atoms with Crippen LogP contribution in [0.5, 0.6) is 0 Å². The van der Waals surface area contributed by atoms with Crippen molar-refractivity contribution in [2.45, 2.75) is 46.1 Å². The Labute approximate surface area is 179 Å². The largest absolute Gasteiger partial charge is 0.467 e. The zero-order valence-corrected chi connectivity index (χ0v) is 18.1. The lowest BCUT2D eigenvalue weighted by atomic mass is 10.1. The standard InChI is InChI=1S/C25H34N2O3/c1-21(2)12-14-26(18-24(28)19-29-20-25-11-7-15-30-25)17-23-10-6-13-27(23)16-22-8-4-3-5-9-22/h3-11,13,15,21,24,28H,12,14,16-20H2,1-2H3/t24-/m0/s1. The maximum atomic E-state index is 10.5. The second kappa shape index (κ2) is 11.7. The molecule has 30 heavy (non-hydrogen) atoms. The van der Waals surface area contributed by atoms with E-state index in [2.05, 4.69) is 65.9 Å². The van der Waals surface area contributed by atoms with Crippen molar-refractivity contribution in [1.29, 1.82) is 0 Å². The van der Waals surface area contributed by atoms with E-state index in [0.29, 0.717) is 25.7 Å². The summed E-state index contributed by atoms with van der Waals surface area (Å²) in [6, 6.07) is 18.5. The van der Waals surface area contributed by atoms with E-state index in [1.807, 2.05) is 18.2 Å². The van der Waals surface area contributed by atoms with E-state index in [1.54, 1.807) is 6.26 Å². The quantitative estimate of drug-likeness (QED) is 0.449. The Morgan fingerprint density at radius 2 is 1.90 bits per heavy atom. The van der Waals surface area contributed by atoms with Gasteiger partial charge in [-0.1, -0.05) is 44.2 Å². The Morgan fingerprint density at radius 3 is 2.63 bits per heavy atom. The summed E-state index contributed by atoms with van der Waals surface area (Å²) in [6.07, 6.45) is 4.32. The molecule has 1 N–H and O–H groups in total. The van der Waals surface area contributed by atoms with E-state index in [1.165, 1.54) is 11.3 Å². The maximum absolute atomic E-state index is 10.5. The Morgan fingerprint density at radius 1 is 1.07 bits per heavy atom. The molecule has 2 heterocycles. The molecule has 0 saturated heterocycles. The van der Waals surface area contributed by atoms with E-state index >= 15 is 0 Å². The predicted octanol–water partition coefficient (Wildman–Crippen LogP) is 4.56. The van der Waals surface area contributed by atoms with Gasteiger partial charge < -0.3 is 18.8 Å². The fourth-order valence-corrected chi connectivity index (χ4v) is 3.47. The molecule has 0 amide bonds. The van der Waals surface area contributed by atoms with Crippen LogP contribution in [0.15, 0.2) is 71.5 Å². The molecule has 0 saturated carbocycles. The van der Waals surface area contributed by atoms with Gasteiger partial charge in [0.2, 0.25) is 0 Å². The highest BCUT2D eigenvalue weighted by Crippen LogP contribution is 2.13. The molecular formula is C25H34N2O3. The third kappa shape index (κ3) is 7.48. The maximum Gasteiger partial charge on any atom is 0.129 e. The molecular weight excluding hydrogens is 376 g/mol. The molecule has 0 radical (unpaired) electrons. The van der Waals surface area contributed by atoms with Gasteiger partial charge >= 0.3 is 0 Å². The zero-order valence-electron chi connectivity index (χ0n) is 18.1. The third-order valence-corrected chi connectivity index (χ3v) is 5.13. The van der Waals surface area contributed by atoms with Crippen molar-refractivity contribution >= 4 is 0 Å². The minimum atomic E-state index is -0.537. The minimum Gasteiger partial charge on any atom is -0.467 e. The first-order valence-electron chi connectivity index (χ1n) is 10.8. The number of aliphatic hydroxyl groups is 1. The number of aromatic nitrogens is 1. The summed E-state index contributed by atoms with van der Waals surface area (Å²) >= 11 is 0. The van der Waals surface area contributed by atoms with E-state index in [-0.39, 0.29) is 0 Å². The van der Waals surface area contributed by atoms with Gasteiger partial charge in [-0.15, -0.1) is 0 Å². The van der Waals surface area contributed by atoms with Crippen LogP contribution in [0.2, 0.25) is 0 Å². The molecule has 0 spiro atoms. The van der Waals surface area contributed by atoms with Crippen LogP contribution in [-0.4, -0.2) is 40.4 Å². The zero-order chi connectivity index (χ0) is 21.2. The number of furan rings is 1. The minimum absolute atomic E-state index is 0.296. The normalized spacial score (nSPS) is 12.7. The van der Waals surface area contributed by atoms with Crippen LogP contribution >= 0.6 is 0 Å². The molecule has 0 aliphatic heterocycles. The van der Waals surface area contributed by atoms with Gasteiger partial charge in [-0.3, -0.25) is 4.90 Å². The second-order valence-corrected chi connectivity index (χ2v) is 8.28. The molecule has 5 heteroatoms. The third-order valence-electron chi connectivity index (χ3n) is 5.13. The van der Waals surface area contributed by atoms with Gasteiger partial charge in [-0.05, 0) is 48.7 Å². The second-order valence-electron chi connectivity index (χ2n) is 8.28. The molecule has 0 bridgehead atoms. The summed E-state index contributed by atoms with van der Waals surface area (Å²) in [4.78, 5) is 2.33. The highest BCUT2D eigenvalue weighted by molar-refractivity contribution is 5.17. The number of benzene rings is 1. The molecule has 5 nitrogen and oxygen atoms in total. The van der Waals surface area contributed by atoms with Gasteiger partial charge in [-0.25, -0.2) is 0 Å². The Bertz CT molecular complexity index is 827. The number of hydrogen-bond donors (Lipinski definition) is 1. The summed E-state index contributed by atoms with van der Waals surface area (Å²) in [5.41, 5.74) is 2.54. The lowest BCUT2D eigenvalue weighted by Gasteiger charge is -2.26. The summed E-state index contributed by atoms with van der Waals surface area (Å²) < 4.78 is 13.2. The fraction of sp³-hybridized carbons (Fsp3) is 0.440. The molecule has 0 aliphatic carbocycles. The van der Waals surface area contributed by atoms with Gasteiger partial charge in [0.25, 0.3) is 0 Å². The van der Waals surface area contributed by atoms with E-state index in [4.69, 9.17) is 9.15 Å². The molecule has 0 fully saturated rings. The lowest BCUT2D eigenvalue weighted by Crippen LogP contribution is -2.36. The van der Waals surface area contributed by atoms with Crippen LogP contribution in [0, 0.1) is 5.92 Å². The van der Waals surface area contributed by atoms with Gasteiger partial charge in [0.05, 0.1) is 19.0 Å². The van der Waals surface area contributed by atoms with E-state index in [0.717, 1.165) is 31.8 Å². The monoisotopic (exact) mass is 410 g/mol. The van der Waals surface area contributed by atoms with Crippen molar-refractivity contribution in [3.63, 3.8) is 0 Å². The number of rotatable bonds is 13. The van der Waals surface area contributed by atoms with Crippen LogP contribution in [0.1, 0.15) is 37.3 Å². The van der Waals surface area contributed by atoms with E-state index < -0.39 is 6.10 Å². The highest BCUT2D eigenvalue weighted by atomic mass is 16.5. The van der Waals surface area contributed by atoms with Gasteiger partial charge in [-0.2, -0.15) is 0 Å². The van der Waals surface area contributed by atoms with Crippen LogP contribution in [0.3, 0.4) is 0 Å². The van der Waals surface area contributed by atoms with E-state index in [9.17, 15) is 5.11 Å². The average Bonchev–Trinajstić information content (AvgIpc) is 3.39. The molecule has 1 aromatic carbocycles. The lowest BCUT2D eigenvalue weighted by molar-refractivity contribution is 0.00296. The number of nitrogens with zero attached hydrogens (tertiary/aromatic N) is 2. The average molecular weight is 411 g/mol. The molecule has 0 aliphatic rings. The number of ether oxygens (including phenoxy) is 1. The smallest absolute Gasteiger partial charge is 0.129 e. The van der Waals surface area contributed by atoms with Crippen molar-refractivity contribution in [3.05, 3.63) is 84.1 Å². The topological polar surface area (TPSA) is 50.8 Å². The molecule has 3 aromatic rings. The SMILES string of the molecule is CC(C)CCN(Cc1cccn1Cc1ccccc1)C[C@H](O)COCc1ccco1. The Hall–Kier alpha value is -2.34. The van der Waals surface area contributed by atoms with Gasteiger partial charge in [0.1, 0.15) is 12.4 Å². The van der Waals surface area contributed by atoms with Crippen LogP contribution < -0.4 is 0 Å². The fourth-order valence-electron chi connectivity index (χ4n) is 3.47. The first-order chi connectivity index (χ1) is 14.6. The summed E-state index contributed by atoms with van der Waals surface area (Å²) in [5.74, 6) is 1.40. The first-order valence-corrected chi connectivity index (χ1v) is 10.8. The Kier molecular flexibility index (Phi) is 8.75. The van der Waals surface area contributed by atoms with Crippen molar-refractivity contribution in [1.82, 2.24) is 9.47 Å². The highest BCUT2D eigenvalue weighted by Gasteiger charge is 2.15. The molecule has 162 valence electrons.